The lowest BCUT2D eigenvalue weighted by Crippen LogP contribution is -2.53. The zero-order chi connectivity index (χ0) is 19.8. The molecule has 0 unspecified atom stereocenters. The quantitative estimate of drug-likeness (QED) is 0.668. The molecule has 2 fully saturated rings. The number of morpholine rings is 1. The summed E-state index contributed by atoms with van der Waals surface area (Å²) < 4.78 is 33.7. The average molecular weight is 400 g/mol. The second-order valence-electron chi connectivity index (χ2n) is 7.75. The highest BCUT2D eigenvalue weighted by atomic mass is 19.3. The van der Waals surface area contributed by atoms with Crippen LogP contribution in [0.5, 0.6) is 0 Å². The van der Waals surface area contributed by atoms with Crippen LogP contribution >= 0.6 is 0 Å². The van der Waals surface area contributed by atoms with E-state index in [1.165, 1.54) is 42.2 Å². The normalized spacial score (nSPS) is 19.3. The molecule has 5 rings (SSSR count). The maximum atomic E-state index is 13.1. The summed E-state index contributed by atoms with van der Waals surface area (Å²) in [6.07, 6.45) is 6.28. The maximum Gasteiger partial charge on any atom is 0.282 e. The third-order valence-corrected chi connectivity index (χ3v) is 5.86. The van der Waals surface area contributed by atoms with Crippen LogP contribution in [0.1, 0.15) is 44.2 Å². The summed E-state index contributed by atoms with van der Waals surface area (Å²) in [5.41, 5.74) is 1.28. The van der Waals surface area contributed by atoms with Gasteiger partial charge in [-0.2, -0.15) is 5.10 Å². The molecule has 0 aromatic carbocycles. The third kappa shape index (κ3) is 3.43. The highest BCUT2D eigenvalue weighted by Crippen LogP contribution is 2.35. The molecular formula is C20H22F2N6O. The Balaban J connectivity index is 1.47. The van der Waals surface area contributed by atoms with Gasteiger partial charge in [0.05, 0.1) is 24.1 Å². The summed E-state index contributed by atoms with van der Waals surface area (Å²) in [4.78, 5) is 15.3. The predicted octanol–water partition coefficient (Wildman–Crippen LogP) is 3.66. The molecule has 1 saturated carbocycles. The number of aromatic nitrogens is 5. The van der Waals surface area contributed by atoms with Gasteiger partial charge in [-0.05, 0) is 25.0 Å². The molecule has 0 N–H and O–H groups in total. The second kappa shape index (κ2) is 7.29. The lowest BCUT2D eigenvalue weighted by atomic mass is 9.83. The first-order chi connectivity index (χ1) is 14.1. The SMILES string of the molecule is FC(F)c1ccc2ncc(-c3cc(N4CCOC5(CCCCC5)C4)ncn3)n2n1. The summed E-state index contributed by atoms with van der Waals surface area (Å²) in [5.74, 6) is 0.809. The van der Waals surface area contributed by atoms with Crippen molar-refractivity contribution in [3.8, 4) is 11.4 Å². The molecule has 9 heteroatoms. The number of hydrogen-bond donors (Lipinski definition) is 0. The van der Waals surface area contributed by atoms with E-state index in [4.69, 9.17) is 4.74 Å². The van der Waals surface area contributed by atoms with Crippen LogP contribution in [0.25, 0.3) is 17.0 Å². The van der Waals surface area contributed by atoms with Crippen LogP contribution in [0.15, 0.2) is 30.7 Å². The minimum atomic E-state index is -2.64. The maximum absolute atomic E-state index is 13.1. The van der Waals surface area contributed by atoms with E-state index in [9.17, 15) is 8.78 Å². The first kappa shape index (κ1) is 18.4. The van der Waals surface area contributed by atoms with Crippen molar-refractivity contribution >= 4 is 11.5 Å². The largest absolute Gasteiger partial charge is 0.371 e. The van der Waals surface area contributed by atoms with Gasteiger partial charge in [0.2, 0.25) is 0 Å². The number of rotatable bonds is 3. The molecule has 2 aliphatic rings. The topological polar surface area (TPSA) is 68.4 Å². The fraction of sp³-hybridized carbons (Fsp3) is 0.500. The van der Waals surface area contributed by atoms with Crippen LogP contribution in [-0.4, -0.2) is 49.9 Å². The number of fused-ring (bicyclic) bond motifs is 1. The van der Waals surface area contributed by atoms with E-state index in [1.807, 2.05) is 6.07 Å². The van der Waals surface area contributed by atoms with Crippen LogP contribution < -0.4 is 4.90 Å². The molecule has 1 spiro atoms. The van der Waals surface area contributed by atoms with Gasteiger partial charge in [-0.25, -0.2) is 28.2 Å². The van der Waals surface area contributed by atoms with Crippen molar-refractivity contribution in [2.75, 3.05) is 24.6 Å². The molecule has 4 heterocycles. The number of imidazole rings is 1. The zero-order valence-corrected chi connectivity index (χ0v) is 16.0. The molecule has 152 valence electrons. The smallest absolute Gasteiger partial charge is 0.282 e. The van der Waals surface area contributed by atoms with E-state index < -0.39 is 6.43 Å². The number of ether oxygens (including phenoxy) is 1. The van der Waals surface area contributed by atoms with Gasteiger partial charge in [-0.1, -0.05) is 19.3 Å². The second-order valence-corrected chi connectivity index (χ2v) is 7.75. The van der Waals surface area contributed by atoms with Gasteiger partial charge in [-0.15, -0.1) is 0 Å². The molecule has 7 nitrogen and oxygen atoms in total. The summed E-state index contributed by atoms with van der Waals surface area (Å²) in [6.45, 7) is 2.25. The molecule has 1 aliphatic heterocycles. The molecule has 1 saturated heterocycles. The third-order valence-electron chi connectivity index (χ3n) is 5.86. The Kier molecular flexibility index (Phi) is 4.61. The zero-order valence-electron chi connectivity index (χ0n) is 16.0. The van der Waals surface area contributed by atoms with Crippen molar-refractivity contribution in [2.45, 2.75) is 44.1 Å². The van der Waals surface area contributed by atoms with E-state index in [0.717, 1.165) is 31.7 Å². The van der Waals surface area contributed by atoms with Crippen molar-refractivity contribution < 1.29 is 13.5 Å². The van der Waals surface area contributed by atoms with Crippen LogP contribution in [0.3, 0.4) is 0 Å². The number of anilines is 1. The van der Waals surface area contributed by atoms with Crippen molar-refractivity contribution in [1.29, 1.82) is 0 Å². The van der Waals surface area contributed by atoms with E-state index in [2.05, 4.69) is 25.0 Å². The molecule has 1 aliphatic carbocycles. The summed E-state index contributed by atoms with van der Waals surface area (Å²) in [5, 5.41) is 4.03. The van der Waals surface area contributed by atoms with E-state index in [-0.39, 0.29) is 11.3 Å². The minimum Gasteiger partial charge on any atom is -0.371 e. The van der Waals surface area contributed by atoms with Crippen LogP contribution in [0.2, 0.25) is 0 Å². The number of nitrogens with zero attached hydrogens (tertiary/aromatic N) is 6. The Morgan fingerprint density at radius 3 is 2.76 bits per heavy atom. The Hall–Kier alpha value is -2.68. The Morgan fingerprint density at radius 2 is 1.93 bits per heavy atom. The Morgan fingerprint density at radius 1 is 1.07 bits per heavy atom. The fourth-order valence-corrected chi connectivity index (χ4v) is 4.38. The highest BCUT2D eigenvalue weighted by Gasteiger charge is 2.38. The average Bonchev–Trinajstić information content (AvgIpc) is 3.18. The molecule has 0 amide bonds. The van der Waals surface area contributed by atoms with Crippen LogP contribution in [0.4, 0.5) is 14.6 Å². The van der Waals surface area contributed by atoms with Gasteiger partial charge in [0.25, 0.3) is 6.43 Å². The number of hydrogen-bond acceptors (Lipinski definition) is 6. The van der Waals surface area contributed by atoms with Gasteiger partial charge >= 0.3 is 0 Å². The molecule has 3 aromatic rings. The predicted molar refractivity (Wildman–Crippen MR) is 103 cm³/mol. The number of halogens is 2. The standard InChI is InChI=1S/C20H22F2N6O/c21-19(22)14-4-5-17-23-11-16(28(17)26-14)15-10-18(25-13-24-15)27-8-9-29-20(12-27)6-2-1-3-7-20/h4-5,10-11,13,19H,1-3,6-9,12H2. The molecule has 0 radical (unpaired) electrons. The summed E-state index contributed by atoms with van der Waals surface area (Å²) >= 11 is 0. The van der Waals surface area contributed by atoms with Gasteiger partial charge < -0.3 is 9.64 Å². The molecular weight excluding hydrogens is 378 g/mol. The van der Waals surface area contributed by atoms with Crippen molar-refractivity contribution in [1.82, 2.24) is 24.6 Å². The molecule has 29 heavy (non-hydrogen) atoms. The molecule has 0 atom stereocenters. The highest BCUT2D eigenvalue weighted by molar-refractivity contribution is 5.62. The van der Waals surface area contributed by atoms with Gasteiger partial charge in [-0.3, -0.25) is 0 Å². The summed E-state index contributed by atoms with van der Waals surface area (Å²) in [7, 11) is 0. The molecule has 3 aromatic heterocycles. The summed E-state index contributed by atoms with van der Waals surface area (Å²) in [6, 6.07) is 4.70. The van der Waals surface area contributed by atoms with Gasteiger partial charge in [0, 0.05) is 19.2 Å². The first-order valence-corrected chi connectivity index (χ1v) is 9.98. The van der Waals surface area contributed by atoms with Crippen molar-refractivity contribution in [3.05, 3.63) is 36.4 Å². The lowest BCUT2D eigenvalue weighted by molar-refractivity contribution is -0.0783. The monoisotopic (exact) mass is 400 g/mol. The lowest BCUT2D eigenvalue weighted by Gasteiger charge is -2.45. The molecule has 0 bridgehead atoms. The van der Waals surface area contributed by atoms with Gasteiger partial charge in [0.15, 0.2) is 5.65 Å². The van der Waals surface area contributed by atoms with Crippen LogP contribution in [-0.2, 0) is 4.74 Å². The van der Waals surface area contributed by atoms with E-state index in [1.54, 1.807) is 6.20 Å². The first-order valence-electron chi connectivity index (χ1n) is 9.98. The van der Waals surface area contributed by atoms with Crippen molar-refractivity contribution in [2.24, 2.45) is 0 Å². The number of alkyl halides is 2. The Labute approximate surface area is 166 Å². The van der Waals surface area contributed by atoms with Crippen molar-refractivity contribution in [3.63, 3.8) is 0 Å². The van der Waals surface area contributed by atoms with Crippen LogP contribution in [0, 0.1) is 0 Å². The van der Waals surface area contributed by atoms with E-state index in [0.29, 0.717) is 23.6 Å². The Bertz CT molecular complexity index is 1010. The van der Waals surface area contributed by atoms with E-state index >= 15 is 0 Å². The van der Waals surface area contributed by atoms with Gasteiger partial charge in [0.1, 0.15) is 23.5 Å². The minimum absolute atomic E-state index is 0.0847. The fourth-order valence-electron chi connectivity index (χ4n) is 4.38.